The Morgan fingerprint density at radius 1 is 1.19 bits per heavy atom. The first kappa shape index (κ1) is 15.9. The van der Waals surface area contributed by atoms with Gasteiger partial charge in [0, 0.05) is 15.6 Å². The molecule has 0 aliphatic carbocycles. The van der Waals surface area contributed by atoms with Crippen molar-refractivity contribution in [2.24, 2.45) is 0 Å². The van der Waals surface area contributed by atoms with Crippen LogP contribution in [0.25, 0.3) is 0 Å². The van der Waals surface area contributed by atoms with E-state index in [0.29, 0.717) is 5.56 Å². The highest BCUT2D eigenvalue weighted by Gasteiger charge is 2.32. The molecule has 0 radical (unpaired) electrons. The summed E-state index contributed by atoms with van der Waals surface area (Å²) in [5, 5.41) is 9.69. The maximum Gasteiger partial charge on any atom is 0.306 e. The number of hydrogen-bond acceptors (Lipinski definition) is 2. The molecular weight excluding hydrogens is 342 g/mol. The van der Waals surface area contributed by atoms with Crippen molar-refractivity contribution in [3.8, 4) is 5.75 Å². The van der Waals surface area contributed by atoms with Crippen molar-refractivity contribution in [1.29, 1.82) is 0 Å². The lowest BCUT2D eigenvalue weighted by atomic mass is 10.1. The summed E-state index contributed by atoms with van der Waals surface area (Å²) < 4.78 is 34.1. The van der Waals surface area contributed by atoms with Crippen molar-refractivity contribution < 1.29 is 18.6 Å². The Labute approximate surface area is 130 Å². The van der Waals surface area contributed by atoms with Gasteiger partial charge in [0.15, 0.2) is 6.61 Å². The zero-order chi connectivity index (χ0) is 15.5. The largest absolute Gasteiger partial charge is 0.487 e. The van der Waals surface area contributed by atoms with Gasteiger partial charge in [0.1, 0.15) is 5.75 Å². The van der Waals surface area contributed by atoms with Gasteiger partial charge in [0.05, 0.1) is 6.10 Å². The van der Waals surface area contributed by atoms with E-state index in [0.717, 1.165) is 4.47 Å². The molecule has 5 heteroatoms. The Balaban J connectivity index is 2.16. The van der Waals surface area contributed by atoms with Crippen LogP contribution in [-0.2, 0) is 5.92 Å². The van der Waals surface area contributed by atoms with E-state index in [-0.39, 0.29) is 11.3 Å². The third kappa shape index (κ3) is 4.02. The summed E-state index contributed by atoms with van der Waals surface area (Å²) in [4.78, 5) is 0. The SMILES string of the molecule is C[C@@H](O)c1cc(Br)ccc1OCC(F)(F)c1ccccc1. The Hall–Kier alpha value is -1.46. The lowest BCUT2D eigenvalue weighted by Gasteiger charge is -2.19. The Kier molecular flexibility index (Phi) is 4.96. The topological polar surface area (TPSA) is 29.5 Å². The van der Waals surface area contributed by atoms with Gasteiger partial charge in [0.25, 0.3) is 0 Å². The van der Waals surface area contributed by atoms with Crippen molar-refractivity contribution in [1.82, 2.24) is 0 Å². The van der Waals surface area contributed by atoms with Crippen LogP contribution in [-0.4, -0.2) is 11.7 Å². The summed E-state index contributed by atoms with van der Waals surface area (Å²) in [5.74, 6) is -2.84. The molecule has 0 unspecified atom stereocenters. The van der Waals surface area contributed by atoms with Gasteiger partial charge in [-0.15, -0.1) is 0 Å². The molecule has 1 N–H and O–H groups in total. The van der Waals surface area contributed by atoms with Crippen molar-refractivity contribution in [2.75, 3.05) is 6.61 Å². The molecule has 0 aliphatic rings. The minimum atomic E-state index is -3.09. The zero-order valence-electron chi connectivity index (χ0n) is 11.4. The molecule has 0 fully saturated rings. The smallest absolute Gasteiger partial charge is 0.306 e. The number of benzene rings is 2. The number of ether oxygens (including phenoxy) is 1. The summed E-state index contributed by atoms with van der Waals surface area (Å²) in [6, 6.07) is 12.4. The van der Waals surface area contributed by atoms with Gasteiger partial charge in [-0.2, -0.15) is 8.78 Å². The van der Waals surface area contributed by atoms with Gasteiger partial charge in [-0.3, -0.25) is 0 Å². The number of hydrogen-bond donors (Lipinski definition) is 1. The second-order valence-corrected chi connectivity index (χ2v) is 5.63. The highest BCUT2D eigenvalue weighted by Crippen LogP contribution is 2.32. The van der Waals surface area contributed by atoms with E-state index in [4.69, 9.17) is 4.74 Å². The number of halogens is 3. The average Bonchev–Trinajstić information content (AvgIpc) is 2.47. The van der Waals surface area contributed by atoms with Gasteiger partial charge >= 0.3 is 5.92 Å². The van der Waals surface area contributed by atoms with E-state index >= 15 is 0 Å². The molecule has 2 nitrogen and oxygen atoms in total. The molecule has 0 saturated heterocycles. The van der Waals surface area contributed by atoms with E-state index in [9.17, 15) is 13.9 Å². The number of alkyl halides is 2. The molecule has 0 aromatic heterocycles. The van der Waals surface area contributed by atoms with Crippen LogP contribution in [0.4, 0.5) is 8.78 Å². The van der Waals surface area contributed by atoms with Gasteiger partial charge in [-0.05, 0) is 25.1 Å². The van der Waals surface area contributed by atoms with Gasteiger partial charge in [-0.1, -0.05) is 46.3 Å². The van der Waals surface area contributed by atoms with Crippen LogP contribution in [0.2, 0.25) is 0 Å². The van der Waals surface area contributed by atoms with Crippen LogP contribution in [0.15, 0.2) is 53.0 Å². The number of aliphatic hydroxyl groups is 1. The highest BCUT2D eigenvalue weighted by atomic mass is 79.9. The molecule has 2 aromatic rings. The summed E-state index contributed by atoms with van der Waals surface area (Å²) in [6.07, 6.45) is -0.803. The zero-order valence-corrected chi connectivity index (χ0v) is 13.0. The Bertz CT molecular complexity index is 600. The summed E-state index contributed by atoms with van der Waals surface area (Å²) in [5.41, 5.74) is 0.369. The van der Waals surface area contributed by atoms with Crippen LogP contribution in [0.5, 0.6) is 5.75 Å². The van der Waals surface area contributed by atoms with Crippen molar-refractivity contribution in [2.45, 2.75) is 19.0 Å². The molecule has 0 aliphatic heterocycles. The lowest BCUT2D eigenvalue weighted by Crippen LogP contribution is -2.23. The van der Waals surface area contributed by atoms with Gasteiger partial charge in [0.2, 0.25) is 0 Å². The molecule has 0 amide bonds. The van der Waals surface area contributed by atoms with Crippen LogP contribution < -0.4 is 4.74 Å². The molecule has 0 heterocycles. The summed E-state index contributed by atoms with van der Waals surface area (Å²) >= 11 is 3.28. The van der Waals surface area contributed by atoms with Gasteiger partial charge < -0.3 is 9.84 Å². The van der Waals surface area contributed by atoms with Crippen molar-refractivity contribution in [3.63, 3.8) is 0 Å². The maximum absolute atomic E-state index is 14.1. The normalized spacial score (nSPS) is 13.0. The molecule has 1 atom stereocenters. The monoisotopic (exact) mass is 356 g/mol. The molecule has 0 bridgehead atoms. The van der Waals surface area contributed by atoms with Gasteiger partial charge in [-0.25, -0.2) is 0 Å². The first-order chi connectivity index (χ1) is 9.90. The predicted molar refractivity (Wildman–Crippen MR) is 80.6 cm³/mol. The maximum atomic E-state index is 14.1. The quantitative estimate of drug-likeness (QED) is 0.843. The fourth-order valence-corrected chi connectivity index (χ4v) is 2.29. The first-order valence-corrected chi connectivity index (χ1v) is 7.23. The molecule has 21 heavy (non-hydrogen) atoms. The van der Waals surface area contributed by atoms with E-state index < -0.39 is 18.6 Å². The molecule has 0 saturated carbocycles. The average molecular weight is 357 g/mol. The van der Waals surface area contributed by atoms with E-state index in [1.807, 2.05) is 0 Å². The Morgan fingerprint density at radius 3 is 2.48 bits per heavy atom. The van der Waals surface area contributed by atoms with Crippen LogP contribution >= 0.6 is 15.9 Å². The van der Waals surface area contributed by atoms with E-state index in [2.05, 4.69) is 15.9 Å². The third-order valence-electron chi connectivity index (χ3n) is 3.03. The predicted octanol–water partition coefficient (Wildman–Crippen LogP) is 4.67. The standard InChI is InChI=1S/C16H15BrF2O2/c1-11(20)14-9-13(17)7-8-15(14)21-10-16(18,19)12-5-3-2-4-6-12/h2-9,11,20H,10H2,1H3/t11-/m1/s1. The van der Waals surface area contributed by atoms with E-state index in [1.54, 1.807) is 43.3 Å². The van der Waals surface area contributed by atoms with E-state index in [1.165, 1.54) is 12.1 Å². The summed E-state index contributed by atoms with van der Waals surface area (Å²) in [7, 11) is 0. The first-order valence-electron chi connectivity index (χ1n) is 6.44. The fraction of sp³-hybridized carbons (Fsp3) is 0.250. The fourth-order valence-electron chi connectivity index (χ4n) is 1.91. The van der Waals surface area contributed by atoms with Crippen molar-refractivity contribution >= 4 is 15.9 Å². The minimum absolute atomic E-state index is 0.0966. The van der Waals surface area contributed by atoms with Crippen molar-refractivity contribution in [3.05, 3.63) is 64.1 Å². The summed E-state index contributed by atoms with van der Waals surface area (Å²) in [6.45, 7) is 0.780. The third-order valence-corrected chi connectivity index (χ3v) is 3.52. The minimum Gasteiger partial charge on any atom is -0.487 e. The molecule has 2 rings (SSSR count). The van der Waals surface area contributed by atoms with Crippen LogP contribution in [0.1, 0.15) is 24.2 Å². The highest BCUT2D eigenvalue weighted by molar-refractivity contribution is 9.10. The van der Waals surface area contributed by atoms with Crippen LogP contribution in [0.3, 0.4) is 0 Å². The molecule has 112 valence electrons. The number of rotatable bonds is 5. The second kappa shape index (κ2) is 6.54. The molecule has 2 aromatic carbocycles. The lowest BCUT2D eigenvalue weighted by molar-refractivity contribution is -0.0473. The van der Waals surface area contributed by atoms with Crippen LogP contribution in [0, 0.1) is 0 Å². The molecular formula is C16H15BrF2O2. The molecule has 0 spiro atoms. The number of aliphatic hydroxyl groups excluding tert-OH is 1. The second-order valence-electron chi connectivity index (χ2n) is 4.72. The Morgan fingerprint density at radius 2 is 1.86 bits per heavy atom.